The highest BCUT2D eigenvalue weighted by molar-refractivity contribution is 6.03. The Balaban J connectivity index is 2.00. The van der Waals surface area contributed by atoms with Gasteiger partial charge in [0.05, 0.1) is 23.9 Å². The van der Waals surface area contributed by atoms with Crippen LogP contribution in [0.2, 0.25) is 0 Å². The van der Waals surface area contributed by atoms with Gasteiger partial charge in [-0.05, 0) is 35.9 Å². The predicted molar refractivity (Wildman–Crippen MR) is 92.3 cm³/mol. The lowest BCUT2D eigenvalue weighted by molar-refractivity contribution is 0.0699. The monoisotopic (exact) mass is 321 g/mol. The number of aromatic hydroxyl groups is 1. The van der Waals surface area contributed by atoms with Crippen molar-refractivity contribution in [3.05, 3.63) is 65.4 Å². The minimum atomic E-state index is -0.995. The second-order valence-electron chi connectivity index (χ2n) is 5.18. The number of aromatic carboxylic acids is 1. The van der Waals surface area contributed by atoms with E-state index < -0.39 is 5.97 Å². The van der Waals surface area contributed by atoms with Crippen molar-refractivity contribution in [2.75, 3.05) is 7.11 Å². The quantitative estimate of drug-likeness (QED) is 0.763. The smallest absolute Gasteiger partial charge is 0.336 e. The number of pyridine rings is 1. The third-order valence-corrected chi connectivity index (χ3v) is 3.62. The number of phenols is 1. The number of hydrogen-bond donors (Lipinski definition) is 2. The standard InChI is InChI=1S/C19H15NO4/c1-24-18-9-7-12(10-17(18)21)6-8-13-11-15(19(22)23)14-4-2-3-5-16(14)20-13/h2-11,21H,1H3,(H,22,23)/b8-6+. The average Bonchev–Trinajstić information content (AvgIpc) is 2.59. The number of carboxylic acid groups (broad SMARTS) is 1. The van der Waals surface area contributed by atoms with Crippen LogP contribution >= 0.6 is 0 Å². The third-order valence-electron chi connectivity index (χ3n) is 3.62. The van der Waals surface area contributed by atoms with Crippen molar-refractivity contribution in [3.63, 3.8) is 0 Å². The van der Waals surface area contributed by atoms with Crippen LogP contribution in [0.1, 0.15) is 21.6 Å². The highest BCUT2D eigenvalue weighted by Gasteiger charge is 2.10. The molecular weight excluding hydrogens is 306 g/mol. The van der Waals surface area contributed by atoms with Crippen LogP contribution in [0.4, 0.5) is 0 Å². The summed E-state index contributed by atoms with van der Waals surface area (Å²) in [4.78, 5) is 15.9. The van der Waals surface area contributed by atoms with E-state index in [-0.39, 0.29) is 11.3 Å². The minimum Gasteiger partial charge on any atom is -0.504 e. The van der Waals surface area contributed by atoms with E-state index in [0.29, 0.717) is 22.3 Å². The number of rotatable bonds is 4. The lowest BCUT2D eigenvalue weighted by atomic mass is 10.1. The number of carboxylic acids is 1. The van der Waals surface area contributed by atoms with Gasteiger partial charge in [0.15, 0.2) is 11.5 Å². The molecular formula is C19H15NO4. The zero-order chi connectivity index (χ0) is 17.1. The Hall–Kier alpha value is -3.34. The van der Waals surface area contributed by atoms with Crippen LogP contribution in [-0.4, -0.2) is 28.3 Å². The molecule has 5 nitrogen and oxygen atoms in total. The van der Waals surface area contributed by atoms with E-state index in [1.807, 2.05) is 6.07 Å². The van der Waals surface area contributed by atoms with Gasteiger partial charge in [0, 0.05) is 5.39 Å². The first-order valence-electron chi connectivity index (χ1n) is 7.26. The lowest BCUT2D eigenvalue weighted by Crippen LogP contribution is -2.00. The van der Waals surface area contributed by atoms with E-state index in [1.54, 1.807) is 48.6 Å². The molecule has 0 bridgehead atoms. The molecule has 24 heavy (non-hydrogen) atoms. The molecule has 1 heterocycles. The highest BCUT2D eigenvalue weighted by atomic mass is 16.5. The van der Waals surface area contributed by atoms with Crippen LogP contribution in [0.25, 0.3) is 23.1 Å². The van der Waals surface area contributed by atoms with Gasteiger partial charge in [-0.25, -0.2) is 9.78 Å². The van der Waals surface area contributed by atoms with Gasteiger partial charge >= 0.3 is 5.97 Å². The molecule has 0 saturated carbocycles. The Bertz CT molecular complexity index is 947. The summed E-state index contributed by atoms with van der Waals surface area (Å²) in [6, 6.07) is 13.7. The largest absolute Gasteiger partial charge is 0.504 e. The molecule has 3 aromatic rings. The van der Waals surface area contributed by atoms with E-state index in [0.717, 1.165) is 5.56 Å². The van der Waals surface area contributed by atoms with Gasteiger partial charge in [-0.1, -0.05) is 30.3 Å². The Morgan fingerprint density at radius 1 is 1.12 bits per heavy atom. The van der Waals surface area contributed by atoms with Crippen molar-refractivity contribution in [1.29, 1.82) is 0 Å². The Labute approximate surface area is 138 Å². The van der Waals surface area contributed by atoms with Crippen molar-refractivity contribution >= 4 is 29.0 Å². The van der Waals surface area contributed by atoms with Crippen molar-refractivity contribution in [3.8, 4) is 11.5 Å². The fourth-order valence-electron chi connectivity index (χ4n) is 2.45. The molecule has 0 aliphatic rings. The molecule has 0 aliphatic heterocycles. The maximum atomic E-state index is 11.5. The molecule has 0 amide bonds. The van der Waals surface area contributed by atoms with Crippen molar-refractivity contribution < 1.29 is 19.7 Å². The van der Waals surface area contributed by atoms with Gasteiger partial charge in [-0.2, -0.15) is 0 Å². The number of carbonyl (C=O) groups is 1. The summed E-state index contributed by atoms with van der Waals surface area (Å²) in [5, 5.41) is 19.8. The number of methoxy groups -OCH3 is 1. The predicted octanol–water partition coefficient (Wildman–Crippen LogP) is 3.82. The normalized spacial score (nSPS) is 11.0. The van der Waals surface area contributed by atoms with E-state index in [4.69, 9.17) is 4.74 Å². The van der Waals surface area contributed by atoms with Gasteiger partial charge in [-0.3, -0.25) is 0 Å². The average molecular weight is 321 g/mol. The van der Waals surface area contributed by atoms with Gasteiger partial charge in [0.2, 0.25) is 0 Å². The molecule has 0 saturated heterocycles. The summed E-state index contributed by atoms with van der Waals surface area (Å²) in [5.41, 5.74) is 2.11. The fraction of sp³-hybridized carbons (Fsp3) is 0.0526. The van der Waals surface area contributed by atoms with E-state index in [9.17, 15) is 15.0 Å². The molecule has 5 heteroatoms. The van der Waals surface area contributed by atoms with E-state index in [1.165, 1.54) is 13.2 Å². The number of phenolic OH excluding ortho intramolecular Hbond substituents is 1. The van der Waals surface area contributed by atoms with Crippen molar-refractivity contribution in [2.45, 2.75) is 0 Å². The topological polar surface area (TPSA) is 79.7 Å². The molecule has 120 valence electrons. The van der Waals surface area contributed by atoms with Crippen LogP contribution in [0.3, 0.4) is 0 Å². The molecule has 1 aromatic heterocycles. The molecule has 0 fully saturated rings. The number of aromatic nitrogens is 1. The first-order chi connectivity index (χ1) is 11.6. The summed E-state index contributed by atoms with van der Waals surface area (Å²) in [5.74, 6) is -0.563. The Morgan fingerprint density at radius 2 is 1.92 bits per heavy atom. The minimum absolute atomic E-state index is 0.0392. The summed E-state index contributed by atoms with van der Waals surface area (Å²) in [6.07, 6.45) is 3.46. The first-order valence-corrected chi connectivity index (χ1v) is 7.26. The second-order valence-corrected chi connectivity index (χ2v) is 5.18. The van der Waals surface area contributed by atoms with E-state index >= 15 is 0 Å². The zero-order valence-electron chi connectivity index (χ0n) is 12.9. The van der Waals surface area contributed by atoms with Gasteiger partial charge < -0.3 is 14.9 Å². The maximum Gasteiger partial charge on any atom is 0.336 e. The molecule has 2 N–H and O–H groups in total. The molecule has 2 aromatic carbocycles. The zero-order valence-corrected chi connectivity index (χ0v) is 12.9. The summed E-state index contributed by atoms with van der Waals surface area (Å²) in [7, 11) is 1.48. The Morgan fingerprint density at radius 3 is 2.62 bits per heavy atom. The molecule has 0 unspecified atom stereocenters. The van der Waals surface area contributed by atoms with Crippen molar-refractivity contribution in [2.24, 2.45) is 0 Å². The first kappa shape index (κ1) is 15.6. The Kier molecular flexibility index (Phi) is 4.16. The van der Waals surface area contributed by atoms with Crippen LogP contribution in [0, 0.1) is 0 Å². The number of hydrogen-bond acceptors (Lipinski definition) is 4. The van der Waals surface area contributed by atoms with Crippen LogP contribution in [0.5, 0.6) is 11.5 Å². The SMILES string of the molecule is COc1ccc(/C=C/c2cc(C(=O)O)c3ccccc3n2)cc1O. The van der Waals surface area contributed by atoms with Gasteiger partial charge in [0.1, 0.15) is 0 Å². The fourth-order valence-corrected chi connectivity index (χ4v) is 2.45. The van der Waals surface area contributed by atoms with Crippen LogP contribution in [-0.2, 0) is 0 Å². The van der Waals surface area contributed by atoms with Gasteiger partial charge in [-0.15, -0.1) is 0 Å². The molecule has 0 radical (unpaired) electrons. The summed E-state index contributed by atoms with van der Waals surface area (Å²) in [6.45, 7) is 0. The van der Waals surface area contributed by atoms with E-state index in [2.05, 4.69) is 4.98 Å². The number of nitrogens with zero attached hydrogens (tertiary/aromatic N) is 1. The molecule has 0 spiro atoms. The number of benzene rings is 2. The van der Waals surface area contributed by atoms with Crippen LogP contribution < -0.4 is 4.74 Å². The number of fused-ring (bicyclic) bond motifs is 1. The highest BCUT2D eigenvalue weighted by Crippen LogP contribution is 2.27. The summed E-state index contributed by atoms with van der Waals surface area (Å²) >= 11 is 0. The molecule has 0 aliphatic carbocycles. The summed E-state index contributed by atoms with van der Waals surface area (Å²) < 4.78 is 5.00. The third kappa shape index (κ3) is 3.05. The lowest BCUT2D eigenvalue weighted by Gasteiger charge is -2.05. The van der Waals surface area contributed by atoms with Crippen molar-refractivity contribution in [1.82, 2.24) is 4.98 Å². The number of ether oxygens (including phenoxy) is 1. The van der Waals surface area contributed by atoms with Crippen LogP contribution in [0.15, 0.2) is 48.5 Å². The molecule has 3 rings (SSSR count). The van der Waals surface area contributed by atoms with Gasteiger partial charge in [0.25, 0.3) is 0 Å². The maximum absolute atomic E-state index is 11.5. The molecule has 0 atom stereocenters. The number of para-hydroxylation sites is 1. The second kappa shape index (κ2) is 6.42.